The van der Waals surface area contributed by atoms with E-state index in [0.717, 1.165) is 37.9 Å². The Bertz CT molecular complexity index is 172. The minimum atomic E-state index is 0.317. The molecule has 82 valence electrons. The molecular formula is C11H22N2O. The number of rotatable bonds is 3. The SMILES string of the molecule is NC1C2CCCC1CN(CCCO)C2. The molecule has 1 saturated heterocycles. The van der Waals surface area contributed by atoms with E-state index in [0.29, 0.717) is 12.6 Å². The Morgan fingerprint density at radius 2 is 1.86 bits per heavy atom. The van der Waals surface area contributed by atoms with Gasteiger partial charge in [-0.05, 0) is 31.1 Å². The third kappa shape index (κ3) is 2.10. The summed E-state index contributed by atoms with van der Waals surface area (Å²) >= 11 is 0. The molecule has 0 aromatic heterocycles. The molecule has 1 aliphatic carbocycles. The number of piperidine rings is 1. The number of nitrogens with zero attached hydrogens (tertiary/aromatic N) is 1. The van der Waals surface area contributed by atoms with Gasteiger partial charge in [0.2, 0.25) is 0 Å². The first-order valence-corrected chi connectivity index (χ1v) is 5.90. The van der Waals surface area contributed by atoms with Crippen LogP contribution in [0.4, 0.5) is 0 Å². The maximum absolute atomic E-state index is 8.80. The molecule has 1 aliphatic heterocycles. The monoisotopic (exact) mass is 198 g/mol. The van der Waals surface area contributed by atoms with Gasteiger partial charge in [0, 0.05) is 32.3 Å². The maximum Gasteiger partial charge on any atom is 0.0443 e. The van der Waals surface area contributed by atoms with Gasteiger partial charge in [-0.1, -0.05) is 6.42 Å². The van der Waals surface area contributed by atoms with Crippen molar-refractivity contribution in [2.24, 2.45) is 17.6 Å². The molecule has 1 heterocycles. The van der Waals surface area contributed by atoms with Crippen LogP contribution in [0.15, 0.2) is 0 Å². The molecule has 0 radical (unpaired) electrons. The molecule has 0 aromatic rings. The fraction of sp³-hybridized carbons (Fsp3) is 1.00. The fourth-order valence-electron chi connectivity index (χ4n) is 3.05. The van der Waals surface area contributed by atoms with Crippen LogP contribution in [0, 0.1) is 11.8 Å². The lowest BCUT2D eigenvalue weighted by Crippen LogP contribution is -2.55. The second-order valence-electron chi connectivity index (χ2n) is 4.87. The number of fused-ring (bicyclic) bond motifs is 2. The summed E-state index contributed by atoms with van der Waals surface area (Å²) in [4.78, 5) is 2.49. The number of aliphatic hydroxyl groups is 1. The van der Waals surface area contributed by atoms with Crippen molar-refractivity contribution in [2.75, 3.05) is 26.2 Å². The summed E-state index contributed by atoms with van der Waals surface area (Å²) in [7, 11) is 0. The summed E-state index contributed by atoms with van der Waals surface area (Å²) in [5, 5.41) is 8.80. The van der Waals surface area contributed by atoms with Gasteiger partial charge in [-0.15, -0.1) is 0 Å². The Hall–Kier alpha value is -0.120. The lowest BCUT2D eigenvalue weighted by atomic mass is 9.74. The van der Waals surface area contributed by atoms with Crippen LogP contribution in [0.25, 0.3) is 0 Å². The molecule has 3 nitrogen and oxygen atoms in total. The summed E-state index contributed by atoms with van der Waals surface area (Å²) < 4.78 is 0. The summed E-state index contributed by atoms with van der Waals surface area (Å²) in [5.41, 5.74) is 6.20. The van der Waals surface area contributed by atoms with E-state index < -0.39 is 0 Å². The number of likely N-dealkylation sites (tertiary alicyclic amines) is 1. The molecule has 1 saturated carbocycles. The van der Waals surface area contributed by atoms with Crippen molar-refractivity contribution in [1.82, 2.24) is 4.90 Å². The summed E-state index contributed by atoms with van der Waals surface area (Å²) in [6, 6.07) is 0.453. The largest absolute Gasteiger partial charge is 0.396 e. The van der Waals surface area contributed by atoms with E-state index >= 15 is 0 Å². The van der Waals surface area contributed by atoms with Gasteiger partial charge >= 0.3 is 0 Å². The molecule has 0 amide bonds. The van der Waals surface area contributed by atoms with Gasteiger partial charge in [0.25, 0.3) is 0 Å². The first-order chi connectivity index (χ1) is 6.81. The highest BCUT2D eigenvalue weighted by atomic mass is 16.3. The Kier molecular flexibility index (Phi) is 3.42. The Balaban J connectivity index is 1.87. The van der Waals surface area contributed by atoms with Crippen LogP contribution in [-0.2, 0) is 0 Å². The standard InChI is InChI=1S/C11H22N2O/c12-11-9-3-1-4-10(11)8-13(7-9)5-2-6-14/h9-11,14H,1-8,12H2. The lowest BCUT2D eigenvalue weighted by molar-refractivity contribution is 0.0598. The second-order valence-corrected chi connectivity index (χ2v) is 4.87. The van der Waals surface area contributed by atoms with E-state index in [2.05, 4.69) is 4.90 Å². The van der Waals surface area contributed by atoms with E-state index in [1.54, 1.807) is 0 Å². The third-order valence-electron chi connectivity index (χ3n) is 3.86. The summed E-state index contributed by atoms with van der Waals surface area (Å²) in [6.45, 7) is 3.70. The molecule has 0 spiro atoms. The number of hydrogen-bond donors (Lipinski definition) is 2. The molecule has 3 N–H and O–H groups in total. The highest BCUT2D eigenvalue weighted by Crippen LogP contribution is 2.33. The number of aliphatic hydroxyl groups excluding tert-OH is 1. The van der Waals surface area contributed by atoms with Crippen molar-refractivity contribution >= 4 is 0 Å². The van der Waals surface area contributed by atoms with Gasteiger partial charge in [0.1, 0.15) is 0 Å². The van der Waals surface area contributed by atoms with Crippen molar-refractivity contribution in [3.8, 4) is 0 Å². The van der Waals surface area contributed by atoms with Crippen LogP contribution in [0.1, 0.15) is 25.7 Å². The van der Waals surface area contributed by atoms with Crippen molar-refractivity contribution in [1.29, 1.82) is 0 Å². The predicted octanol–water partition coefficient (Wildman–Crippen LogP) is 0.428. The van der Waals surface area contributed by atoms with Crippen LogP contribution in [0.2, 0.25) is 0 Å². The third-order valence-corrected chi connectivity index (χ3v) is 3.86. The van der Waals surface area contributed by atoms with E-state index in [1.807, 2.05) is 0 Å². The minimum Gasteiger partial charge on any atom is -0.396 e. The van der Waals surface area contributed by atoms with Crippen molar-refractivity contribution in [3.63, 3.8) is 0 Å². The quantitative estimate of drug-likeness (QED) is 0.691. The smallest absolute Gasteiger partial charge is 0.0443 e. The topological polar surface area (TPSA) is 49.5 Å². The van der Waals surface area contributed by atoms with Crippen molar-refractivity contribution < 1.29 is 5.11 Å². The van der Waals surface area contributed by atoms with Gasteiger partial charge in [-0.25, -0.2) is 0 Å². The van der Waals surface area contributed by atoms with E-state index in [4.69, 9.17) is 10.8 Å². The van der Waals surface area contributed by atoms with E-state index in [9.17, 15) is 0 Å². The first-order valence-electron chi connectivity index (χ1n) is 5.90. The zero-order chi connectivity index (χ0) is 9.97. The Labute approximate surface area is 86.3 Å². The average molecular weight is 198 g/mol. The van der Waals surface area contributed by atoms with Crippen LogP contribution in [-0.4, -0.2) is 42.3 Å². The predicted molar refractivity (Wildman–Crippen MR) is 56.9 cm³/mol. The summed E-state index contributed by atoms with van der Waals surface area (Å²) in [6.07, 6.45) is 4.91. The van der Waals surface area contributed by atoms with E-state index in [-0.39, 0.29) is 0 Å². The van der Waals surface area contributed by atoms with Crippen LogP contribution < -0.4 is 5.73 Å². The lowest BCUT2D eigenvalue weighted by Gasteiger charge is -2.45. The molecule has 2 aliphatic rings. The number of nitrogens with two attached hydrogens (primary N) is 1. The zero-order valence-corrected chi connectivity index (χ0v) is 8.86. The maximum atomic E-state index is 8.80. The minimum absolute atomic E-state index is 0.317. The molecule has 0 aromatic carbocycles. The average Bonchev–Trinajstić information content (AvgIpc) is 2.15. The van der Waals surface area contributed by atoms with Gasteiger partial charge in [0.15, 0.2) is 0 Å². The highest BCUT2D eigenvalue weighted by molar-refractivity contribution is 4.92. The van der Waals surface area contributed by atoms with Gasteiger partial charge in [-0.3, -0.25) is 0 Å². The molecule has 3 heteroatoms. The van der Waals surface area contributed by atoms with Crippen molar-refractivity contribution in [3.05, 3.63) is 0 Å². The van der Waals surface area contributed by atoms with Gasteiger partial charge < -0.3 is 15.7 Å². The highest BCUT2D eigenvalue weighted by Gasteiger charge is 2.36. The van der Waals surface area contributed by atoms with Crippen LogP contribution in [0.3, 0.4) is 0 Å². The first kappa shape index (κ1) is 10.4. The Morgan fingerprint density at radius 1 is 1.21 bits per heavy atom. The molecule has 2 rings (SSSR count). The fourth-order valence-corrected chi connectivity index (χ4v) is 3.05. The molecular weight excluding hydrogens is 176 g/mol. The van der Waals surface area contributed by atoms with E-state index in [1.165, 1.54) is 19.3 Å². The molecule has 14 heavy (non-hydrogen) atoms. The van der Waals surface area contributed by atoms with Crippen LogP contribution in [0.5, 0.6) is 0 Å². The molecule has 2 fully saturated rings. The van der Waals surface area contributed by atoms with Crippen molar-refractivity contribution in [2.45, 2.75) is 31.7 Å². The van der Waals surface area contributed by atoms with Gasteiger partial charge in [-0.2, -0.15) is 0 Å². The van der Waals surface area contributed by atoms with Crippen LogP contribution >= 0.6 is 0 Å². The number of hydrogen-bond acceptors (Lipinski definition) is 3. The zero-order valence-electron chi connectivity index (χ0n) is 8.86. The summed E-state index contributed by atoms with van der Waals surface area (Å²) in [5.74, 6) is 1.45. The van der Waals surface area contributed by atoms with Gasteiger partial charge in [0.05, 0.1) is 0 Å². The molecule has 2 atom stereocenters. The second kappa shape index (κ2) is 4.60. The normalized spacial score (nSPS) is 38.6. The molecule has 2 unspecified atom stereocenters. The Morgan fingerprint density at radius 3 is 2.43 bits per heavy atom. The molecule has 2 bridgehead atoms.